The van der Waals surface area contributed by atoms with Crippen LogP contribution in [0.5, 0.6) is 0 Å². The molecular formula is C14H16N2O3. The van der Waals surface area contributed by atoms with Gasteiger partial charge in [-0.15, -0.1) is 0 Å². The lowest BCUT2D eigenvalue weighted by molar-refractivity contribution is -0.137. The van der Waals surface area contributed by atoms with Gasteiger partial charge in [-0.25, -0.2) is 0 Å². The summed E-state index contributed by atoms with van der Waals surface area (Å²) in [6, 6.07) is 7.58. The number of fused-ring (bicyclic) bond motifs is 1. The van der Waals surface area contributed by atoms with Crippen molar-refractivity contribution in [2.45, 2.75) is 12.8 Å². The highest BCUT2D eigenvalue weighted by Gasteiger charge is 2.13. The maximum absolute atomic E-state index is 12.2. The van der Waals surface area contributed by atoms with Gasteiger partial charge in [-0.1, -0.05) is 6.07 Å². The van der Waals surface area contributed by atoms with E-state index in [0.29, 0.717) is 18.5 Å². The van der Waals surface area contributed by atoms with E-state index in [2.05, 4.69) is 0 Å². The molecule has 19 heavy (non-hydrogen) atoms. The monoisotopic (exact) mass is 260 g/mol. The van der Waals surface area contributed by atoms with Gasteiger partial charge in [0.15, 0.2) is 0 Å². The Kier molecular flexibility index (Phi) is 3.85. The Morgan fingerprint density at radius 2 is 2.16 bits per heavy atom. The van der Waals surface area contributed by atoms with Crippen molar-refractivity contribution < 1.29 is 14.7 Å². The van der Waals surface area contributed by atoms with E-state index in [1.807, 2.05) is 34.9 Å². The van der Waals surface area contributed by atoms with E-state index in [9.17, 15) is 9.59 Å². The van der Waals surface area contributed by atoms with Gasteiger partial charge in [0.25, 0.3) is 5.91 Å². The summed E-state index contributed by atoms with van der Waals surface area (Å²) < 4.78 is 1.89. The Morgan fingerprint density at radius 3 is 2.84 bits per heavy atom. The molecule has 2 rings (SSSR count). The highest BCUT2D eigenvalue weighted by atomic mass is 16.4. The van der Waals surface area contributed by atoms with Crippen LogP contribution < -0.4 is 0 Å². The molecule has 0 fully saturated rings. The molecule has 0 saturated carbocycles. The molecule has 5 nitrogen and oxygen atoms in total. The first-order chi connectivity index (χ1) is 9.08. The average molecular weight is 260 g/mol. The number of carboxylic acid groups (broad SMARTS) is 1. The Balaban J connectivity index is 2.04. The molecule has 1 amide bonds. The third kappa shape index (κ3) is 3.13. The van der Waals surface area contributed by atoms with Crippen LogP contribution >= 0.6 is 0 Å². The second-order valence-electron chi connectivity index (χ2n) is 4.49. The minimum Gasteiger partial charge on any atom is -0.481 e. The summed E-state index contributed by atoms with van der Waals surface area (Å²) in [6.45, 7) is 0.442. The van der Waals surface area contributed by atoms with Crippen LogP contribution in [0.2, 0.25) is 0 Å². The van der Waals surface area contributed by atoms with E-state index in [1.165, 1.54) is 0 Å². The Labute approximate surface area is 111 Å². The highest BCUT2D eigenvalue weighted by molar-refractivity contribution is 5.95. The van der Waals surface area contributed by atoms with Gasteiger partial charge in [-0.05, 0) is 24.6 Å². The highest BCUT2D eigenvalue weighted by Crippen LogP contribution is 2.11. The third-order valence-corrected chi connectivity index (χ3v) is 2.98. The summed E-state index contributed by atoms with van der Waals surface area (Å²) in [7, 11) is 1.69. The molecule has 0 saturated heterocycles. The molecule has 0 aliphatic carbocycles. The largest absolute Gasteiger partial charge is 0.481 e. The summed E-state index contributed by atoms with van der Waals surface area (Å²) in [6.07, 6.45) is 4.21. The van der Waals surface area contributed by atoms with Crippen LogP contribution in [-0.2, 0) is 4.79 Å². The first-order valence-electron chi connectivity index (χ1n) is 6.12. The van der Waals surface area contributed by atoms with Gasteiger partial charge in [0.2, 0.25) is 0 Å². The Bertz CT molecular complexity index is 571. The number of carbonyl (C=O) groups excluding carboxylic acids is 1. The zero-order chi connectivity index (χ0) is 13.8. The van der Waals surface area contributed by atoms with Crippen LogP contribution in [0.25, 0.3) is 5.52 Å². The number of carbonyl (C=O) groups is 2. The summed E-state index contributed by atoms with van der Waals surface area (Å²) >= 11 is 0. The average Bonchev–Trinajstić information content (AvgIpc) is 2.80. The Morgan fingerprint density at radius 1 is 1.37 bits per heavy atom. The van der Waals surface area contributed by atoms with Crippen LogP contribution in [0.4, 0.5) is 0 Å². The number of aliphatic carboxylic acids is 1. The molecule has 2 aromatic rings. The van der Waals surface area contributed by atoms with Crippen LogP contribution in [0, 0.1) is 0 Å². The van der Waals surface area contributed by atoms with Crippen molar-refractivity contribution in [2.24, 2.45) is 0 Å². The minimum atomic E-state index is -0.838. The lowest BCUT2D eigenvalue weighted by Gasteiger charge is -2.15. The molecule has 0 unspecified atom stereocenters. The van der Waals surface area contributed by atoms with Crippen molar-refractivity contribution in [1.82, 2.24) is 9.30 Å². The van der Waals surface area contributed by atoms with E-state index in [-0.39, 0.29) is 12.3 Å². The number of amides is 1. The van der Waals surface area contributed by atoms with Crippen molar-refractivity contribution in [3.05, 3.63) is 42.2 Å². The predicted molar refractivity (Wildman–Crippen MR) is 71.2 cm³/mol. The van der Waals surface area contributed by atoms with Gasteiger partial charge in [0.05, 0.1) is 5.56 Å². The lowest BCUT2D eigenvalue weighted by Crippen LogP contribution is -2.27. The molecule has 0 aromatic carbocycles. The topological polar surface area (TPSA) is 62.0 Å². The molecule has 0 spiro atoms. The van der Waals surface area contributed by atoms with E-state index in [1.54, 1.807) is 18.1 Å². The van der Waals surface area contributed by atoms with Gasteiger partial charge in [-0.3, -0.25) is 9.59 Å². The molecule has 0 aliphatic heterocycles. The van der Waals surface area contributed by atoms with Crippen molar-refractivity contribution >= 4 is 17.4 Å². The van der Waals surface area contributed by atoms with Crippen molar-refractivity contribution in [3.8, 4) is 0 Å². The maximum Gasteiger partial charge on any atom is 0.303 e. The molecule has 0 aliphatic rings. The smallest absolute Gasteiger partial charge is 0.303 e. The van der Waals surface area contributed by atoms with Crippen LogP contribution in [-0.4, -0.2) is 39.9 Å². The maximum atomic E-state index is 12.2. The molecule has 2 aromatic heterocycles. The van der Waals surface area contributed by atoms with Gasteiger partial charge in [0, 0.05) is 37.9 Å². The number of hydrogen-bond acceptors (Lipinski definition) is 2. The fourth-order valence-corrected chi connectivity index (χ4v) is 1.96. The molecule has 5 heteroatoms. The number of pyridine rings is 1. The molecule has 0 atom stereocenters. The van der Waals surface area contributed by atoms with E-state index >= 15 is 0 Å². The second-order valence-corrected chi connectivity index (χ2v) is 4.49. The zero-order valence-corrected chi connectivity index (χ0v) is 10.7. The number of aromatic nitrogens is 1. The van der Waals surface area contributed by atoms with Crippen molar-refractivity contribution in [1.29, 1.82) is 0 Å². The number of rotatable bonds is 5. The van der Waals surface area contributed by atoms with Gasteiger partial charge in [-0.2, -0.15) is 0 Å². The quantitative estimate of drug-likeness (QED) is 0.892. The SMILES string of the molecule is CN(CCCC(=O)O)C(=O)c1cc2ccccn2c1. The van der Waals surface area contributed by atoms with Crippen LogP contribution in [0.3, 0.4) is 0 Å². The molecule has 2 heterocycles. The molecule has 100 valence electrons. The standard InChI is InChI=1S/C14H16N2O3/c1-15(7-4-6-13(17)18)14(19)11-9-12-5-2-3-8-16(12)10-11/h2-3,5,8-10H,4,6-7H2,1H3,(H,17,18). The van der Waals surface area contributed by atoms with E-state index < -0.39 is 5.97 Å². The number of carboxylic acids is 1. The molecule has 0 bridgehead atoms. The molecular weight excluding hydrogens is 244 g/mol. The lowest BCUT2D eigenvalue weighted by atomic mass is 10.2. The minimum absolute atomic E-state index is 0.0787. The Hall–Kier alpha value is -2.30. The summed E-state index contributed by atoms with van der Waals surface area (Å²) in [4.78, 5) is 24.1. The third-order valence-electron chi connectivity index (χ3n) is 2.98. The summed E-state index contributed by atoms with van der Waals surface area (Å²) in [5, 5.41) is 8.57. The number of hydrogen-bond donors (Lipinski definition) is 1. The normalized spacial score (nSPS) is 10.6. The van der Waals surface area contributed by atoms with Gasteiger partial charge in [0.1, 0.15) is 0 Å². The van der Waals surface area contributed by atoms with Crippen LogP contribution in [0.15, 0.2) is 36.7 Å². The summed E-state index contributed by atoms with van der Waals surface area (Å²) in [5.74, 6) is -0.926. The first kappa shape index (κ1) is 13.1. The van der Waals surface area contributed by atoms with Gasteiger partial charge < -0.3 is 14.4 Å². The fourth-order valence-electron chi connectivity index (χ4n) is 1.96. The zero-order valence-electron chi connectivity index (χ0n) is 10.7. The molecule has 0 radical (unpaired) electrons. The van der Waals surface area contributed by atoms with Gasteiger partial charge >= 0.3 is 5.97 Å². The van der Waals surface area contributed by atoms with E-state index in [4.69, 9.17) is 5.11 Å². The van der Waals surface area contributed by atoms with Crippen molar-refractivity contribution in [3.63, 3.8) is 0 Å². The first-order valence-corrected chi connectivity index (χ1v) is 6.12. The van der Waals surface area contributed by atoms with E-state index in [0.717, 1.165) is 5.52 Å². The summed E-state index contributed by atoms with van der Waals surface area (Å²) in [5.41, 5.74) is 1.58. The number of nitrogens with zero attached hydrogens (tertiary/aromatic N) is 2. The molecule has 1 N–H and O–H groups in total. The second kappa shape index (κ2) is 5.56. The van der Waals surface area contributed by atoms with Crippen LogP contribution in [0.1, 0.15) is 23.2 Å². The fraction of sp³-hybridized carbons (Fsp3) is 0.286. The van der Waals surface area contributed by atoms with Crippen molar-refractivity contribution in [2.75, 3.05) is 13.6 Å². The predicted octanol–water partition coefficient (Wildman–Crippen LogP) is 1.88.